The van der Waals surface area contributed by atoms with E-state index < -0.39 is 0 Å². The van der Waals surface area contributed by atoms with Crippen LogP contribution < -0.4 is 10.5 Å². The molecule has 2 N–H and O–H groups in total. The maximum absolute atomic E-state index is 12.2. The molecule has 1 heterocycles. The van der Waals surface area contributed by atoms with Crippen LogP contribution in [-0.4, -0.2) is 36.4 Å². The van der Waals surface area contributed by atoms with Gasteiger partial charge in [0.2, 0.25) is 11.8 Å². The first-order valence-corrected chi connectivity index (χ1v) is 8.16. The van der Waals surface area contributed by atoms with Gasteiger partial charge in [-0.1, -0.05) is 6.07 Å². The molecule has 2 rings (SSSR count). The Kier molecular flexibility index (Phi) is 5.64. The topological polar surface area (TPSA) is 72.6 Å². The minimum Gasteiger partial charge on any atom is -0.493 e. The van der Waals surface area contributed by atoms with Crippen LogP contribution >= 0.6 is 0 Å². The molecule has 0 aliphatic carbocycles. The number of ether oxygens (including phenoxy) is 1. The summed E-state index contributed by atoms with van der Waals surface area (Å²) in [5.41, 5.74) is 8.78. The second kappa shape index (κ2) is 7.49. The smallest absolute Gasteiger partial charge is 0.225 e. The predicted octanol–water partition coefficient (Wildman–Crippen LogP) is 2.10. The molecule has 1 aliphatic heterocycles. The van der Waals surface area contributed by atoms with Crippen molar-refractivity contribution >= 4 is 11.8 Å². The summed E-state index contributed by atoms with van der Waals surface area (Å²) in [6, 6.07) is 4.13. The van der Waals surface area contributed by atoms with Gasteiger partial charge in [-0.05, 0) is 56.4 Å². The van der Waals surface area contributed by atoms with Gasteiger partial charge in [0, 0.05) is 19.0 Å². The maximum Gasteiger partial charge on any atom is 0.225 e. The number of hydrogen-bond donors (Lipinski definition) is 1. The van der Waals surface area contributed by atoms with E-state index in [2.05, 4.69) is 13.0 Å². The lowest BCUT2D eigenvalue weighted by molar-refractivity contribution is -0.135. The summed E-state index contributed by atoms with van der Waals surface area (Å²) in [4.78, 5) is 25.2. The molecule has 1 aromatic rings. The molecule has 0 aromatic heterocycles. The van der Waals surface area contributed by atoms with Crippen LogP contribution in [0.1, 0.15) is 36.0 Å². The molecule has 0 atom stereocenters. The minimum absolute atomic E-state index is 0.0787. The van der Waals surface area contributed by atoms with E-state index >= 15 is 0 Å². The molecule has 1 aliphatic rings. The average molecular weight is 318 g/mol. The van der Waals surface area contributed by atoms with Crippen LogP contribution in [0.2, 0.25) is 0 Å². The summed E-state index contributed by atoms with van der Waals surface area (Å²) in [6.07, 6.45) is 1.68. The summed E-state index contributed by atoms with van der Waals surface area (Å²) >= 11 is 0. The Bertz CT molecular complexity index is 590. The normalized spacial score (nSPS) is 15.5. The lowest BCUT2D eigenvalue weighted by Crippen LogP contribution is -2.42. The van der Waals surface area contributed by atoms with E-state index in [9.17, 15) is 9.59 Å². The molecule has 1 aromatic carbocycles. The van der Waals surface area contributed by atoms with Crippen molar-refractivity contribution in [3.63, 3.8) is 0 Å². The van der Waals surface area contributed by atoms with Gasteiger partial charge in [0.05, 0.1) is 13.0 Å². The largest absolute Gasteiger partial charge is 0.493 e. The molecule has 126 valence electrons. The van der Waals surface area contributed by atoms with Crippen LogP contribution in [0.15, 0.2) is 12.1 Å². The fraction of sp³-hybridized carbons (Fsp3) is 0.556. The molecule has 5 nitrogen and oxygen atoms in total. The van der Waals surface area contributed by atoms with Crippen LogP contribution in [0.3, 0.4) is 0 Å². The molecule has 5 heteroatoms. The van der Waals surface area contributed by atoms with Gasteiger partial charge in [-0.15, -0.1) is 0 Å². The zero-order chi connectivity index (χ0) is 17.0. The Labute approximate surface area is 137 Å². The minimum atomic E-state index is -0.259. The Morgan fingerprint density at radius 3 is 2.48 bits per heavy atom. The third-order valence-corrected chi connectivity index (χ3v) is 4.59. The van der Waals surface area contributed by atoms with Crippen molar-refractivity contribution in [3.05, 3.63) is 28.8 Å². The number of aryl methyl sites for hydroxylation is 2. The number of likely N-dealkylation sites (tertiary alicyclic amines) is 1. The van der Waals surface area contributed by atoms with E-state index in [0.29, 0.717) is 39.0 Å². The van der Waals surface area contributed by atoms with Crippen molar-refractivity contribution in [3.8, 4) is 5.75 Å². The van der Waals surface area contributed by atoms with Crippen LogP contribution in [0, 0.1) is 26.7 Å². The standard InChI is InChI=1S/C18H26N2O3/c1-12-10-13(2)14(3)16(11-12)23-9-6-17(21)20-7-4-15(5-8-20)18(19)22/h10-11,15H,4-9H2,1-3H3,(H2,19,22). The van der Waals surface area contributed by atoms with Gasteiger partial charge in [0.15, 0.2) is 0 Å². The quantitative estimate of drug-likeness (QED) is 0.903. The average Bonchev–Trinajstić information content (AvgIpc) is 2.51. The first kappa shape index (κ1) is 17.3. The molecule has 1 fully saturated rings. The highest BCUT2D eigenvalue weighted by atomic mass is 16.5. The van der Waals surface area contributed by atoms with Crippen LogP contribution in [-0.2, 0) is 9.59 Å². The van der Waals surface area contributed by atoms with Crippen molar-refractivity contribution in [1.82, 2.24) is 4.90 Å². The molecule has 0 radical (unpaired) electrons. The van der Waals surface area contributed by atoms with Crippen molar-refractivity contribution in [1.29, 1.82) is 0 Å². The van der Waals surface area contributed by atoms with Crippen LogP contribution in [0.4, 0.5) is 0 Å². The maximum atomic E-state index is 12.2. The monoisotopic (exact) mass is 318 g/mol. The van der Waals surface area contributed by atoms with Crippen LogP contribution in [0.25, 0.3) is 0 Å². The Balaban J connectivity index is 1.81. The number of amides is 2. The number of carbonyl (C=O) groups is 2. The predicted molar refractivity (Wildman–Crippen MR) is 89.3 cm³/mol. The molecule has 0 unspecified atom stereocenters. The fourth-order valence-electron chi connectivity index (χ4n) is 2.97. The van der Waals surface area contributed by atoms with E-state index in [1.165, 1.54) is 5.56 Å². The molecule has 2 amide bonds. The second-order valence-electron chi connectivity index (χ2n) is 6.36. The van der Waals surface area contributed by atoms with Gasteiger partial charge in [-0.25, -0.2) is 0 Å². The highest BCUT2D eigenvalue weighted by Crippen LogP contribution is 2.23. The third-order valence-electron chi connectivity index (χ3n) is 4.59. The molecular weight excluding hydrogens is 292 g/mol. The zero-order valence-electron chi connectivity index (χ0n) is 14.2. The van der Waals surface area contributed by atoms with Crippen molar-refractivity contribution in [2.45, 2.75) is 40.0 Å². The number of primary amides is 1. The third kappa shape index (κ3) is 4.47. The Hall–Kier alpha value is -2.04. The van der Waals surface area contributed by atoms with Gasteiger partial charge in [0.25, 0.3) is 0 Å². The summed E-state index contributed by atoms with van der Waals surface area (Å²) < 4.78 is 5.80. The highest BCUT2D eigenvalue weighted by molar-refractivity contribution is 5.78. The lowest BCUT2D eigenvalue weighted by atomic mass is 9.96. The van der Waals surface area contributed by atoms with Crippen molar-refractivity contribution < 1.29 is 14.3 Å². The summed E-state index contributed by atoms with van der Waals surface area (Å²) in [6.45, 7) is 7.71. The zero-order valence-corrected chi connectivity index (χ0v) is 14.2. The van der Waals surface area contributed by atoms with Crippen LogP contribution in [0.5, 0.6) is 5.75 Å². The van der Waals surface area contributed by atoms with E-state index in [-0.39, 0.29) is 17.7 Å². The van der Waals surface area contributed by atoms with E-state index in [0.717, 1.165) is 16.9 Å². The number of carbonyl (C=O) groups excluding carboxylic acids is 2. The van der Waals surface area contributed by atoms with E-state index in [1.54, 1.807) is 4.90 Å². The van der Waals surface area contributed by atoms with Gasteiger partial charge in [-0.2, -0.15) is 0 Å². The number of nitrogens with zero attached hydrogens (tertiary/aromatic N) is 1. The van der Waals surface area contributed by atoms with Gasteiger partial charge in [-0.3, -0.25) is 9.59 Å². The number of nitrogens with two attached hydrogens (primary N) is 1. The molecule has 23 heavy (non-hydrogen) atoms. The lowest BCUT2D eigenvalue weighted by Gasteiger charge is -2.30. The van der Waals surface area contributed by atoms with Crippen molar-refractivity contribution in [2.24, 2.45) is 11.7 Å². The highest BCUT2D eigenvalue weighted by Gasteiger charge is 2.25. The van der Waals surface area contributed by atoms with Gasteiger partial charge in [0.1, 0.15) is 5.75 Å². The van der Waals surface area contributed by atoms with E-state index in [4.69, 9.17) is 10.5 Å². The Morgan fingerprint density at radius 1 is 1.22 bits per heavy atom. The number of rotatable bonds is 5. The first-order chi connectivity index (χ1) is 10.9. The second-order valence-corrected chi connectivity index (χ2v) is 6.36. The Morgan fingerprint density at radius 2 is 1.87 bits per heavy atom. The van der Waals surface area contributed by atoms with E-state index in [1.807, 2.05) is 19.9 Å². The summed E-state index contributed by atoms with van der Waals surface area (Å²) in [7, 11) is 0. The molecule has 0 saturated carbocycles. The molecule has 0 bridgehead atoms. The number of benzene rings is 1. The summed E-state index contributed by atoms with van der Waals surface area (Å²) in [5.74, 6) is 0.580. The summed E-state index contributed by atoms with van der Waals surface area (Å²) in [5, 5.41) is 0. The SMILES string of the molecule is Cc1cc(C)c(C)c(OCCC(=O)N2CCC(C(N)=O)CC2)c1. The van der Waals surface area contributed by atoms with Crippen molar-refractivity contribution in [2.75, 3.05) is 19.7 Å². The molecular formula is C18H26N2O3. The van der Waals surface area contributed by atoms with Gasteiger partial charge >= 0.3 is 0 Å². The molecule has 1 saturated heterocycles. The number of piperidine rings is 1. The fourth-order valence-corrected chi connectivity index (χ4v) is 2.97. The molecule has 0 spiro atoms. The first-order valence-electron chi connectivity index (χ1n) is 8.16. The van der Waals surface area contributed by atoms with Gasteiger partial charge < -0.3 is 15.4 Å². The number of hydrogen-bond acceptors (Lipinski definition) is 3.